The molecule has 2 saturated heterocycles. The van der Waals surface area contributed by atoms with Gasteiger partial charge in [-0.2, -0.15) is 0 Å². The van der Waals surface area contributed by atoms with E-state index < -0.39 is 53.2 Å². The smallest absolute Gasteiger partial charge is 0.313 e. The highest BCUT2D eigenvalue weighted by molar-refractivity contribution is 5.99. The van der Waals surface area contributed by atoms with Crippen LogP contribution in [0.3, 0.4) is 0 Å². The van der Waals surface area contributed by atoms with E-state index in [1.807, 2.05) is 69.3 Å². The summed E-state index contributed by atoms with van der Waals surface area (Å²) in [6, 6.07) is 7.74. The predicted molar refractivity (Wildman–Crippen MR) is 163 cm³/mol. The molecule has 4 heterocycles. The number of nitrogens with zero attached hydrogens (tertiary/aromatic N) is 2. The lowest BCUT2D eigenvalue weighted by atomic mass is 9.74. The summed E-state index contributed by atoms with van der Waals surface area (Å²) in [7, 11) is 0. The van der Waals surface area contributed by atoms with Crippen molar-refractivity contribution < 1.29 is 33.8 Å². The maximum atomic E-state index is 14.6. The first-order valence-electron chi connectivity index (χ1n) is 15.8. The Morgan fingerprint density at radius 1 is 1.02 bits per heavy atom. The zero-order valence-electron chi connectivity index (χ0n) is 26.1. The molecule has 0 radical (unpaired) electrons. The molecule has 0 unspecified atom stereocenters. The molecule has 2 N–H and O–H groups in total. The highest BCUT2D eigenvalue weighted by Crippen LogP contribution is 2.56. The number of fused-ring (bicyclic) bond motifs is 2. The second-order valence-corrected chi connectivity index (χ2v) is 13.3. The SMILES string of the molecule is C[C@H]1NC(=O)CC/C=C\CN(C(C)(C)C)C(=O)[C@@H]2N(CCCCCO)C(=O)[C@H]3[C@H](C(=O)O[C@@H]1c1ccccc1)[C@@H]1C=C[C@]23O1. The third-order valence-electron chi connectivity index (χ3n) is 9.22. The third kappa shape index (κ3) is 5.94. The van der Waals surface area contributed by atoms with Crippen molar-refractivity contribution in [3.05, 3.63) is 60.2 Å². The van der Waals surface area contributed by atoms with Crippen LogP contribution in [0.5, 0.6) is 0 Å². The number of rotatable bonds is 6. The maximum Gasteiger partial charge on any atom is 0.313 e. The van der Waals surface area contributed by atoms with Gasteiger partial charge in [0.1, 0.15) is 23.7 Å². The van der Waals surface area contributed by atoms with Crippen LogP contribution in [-0.2, 0) is 28.7 Å². The molecule has 1 aromatic carbocycles. The van der Waals surface area contributed by atoms with Gasteiger partial charge in [0, 0.05) is 31.7 Å². The van der Waals surface area contributed by atoms with Gasteiger partial charge in [-0.3, -0.25) is 19.2 Å². The van der Waals surface area contributed by atoms with Crippen molar-refractivity contribution in [2.45, 2.75) is 95.2 Å². The van der Waals surface area contributed by atoms with Crippen molar-refractivity contribution >= 4 is 23.7 Å². The lowest BCUT2D eigenvalue weighted by Crippen LogP contribution is -2.59. The summed E-state index contributed by atoms with van der Waals surface area (Å²) in [6.07, 6.45) is 8.47. The van der Waals surface area contributed by atoms with Gasteiger partial charge in [0.25, 0.3) is 0 Å². The van der Waals surface area contributed by atoms with Gasteiger partial charge in [-0.15, -0.1) is 0 Å². The Morgan fingerprint density at radius 3 is 2.48 bits per heavy atom. The largest absolute Gasteiger partial charge is 0.455 e. The topological polar surface area (TPSA) is 125 Å². The van der Waals surface area contributed by atoms with Crippen molar-refractivity contribution in [3.8, 4) is 0 Å². The van der Waals surface area contributed by atoms with Gasteiger partial charge in [-0.1, -0.05) is 54.6 Å². The second kappa shape index (κ2) is 12.9. The molecule has 5 rings (SSSR count). The van der Waals surface area contributed by atoms with Gasteiger partial charge >= 0.3 is 5.97 Å². The van der Waals surface area contributed by atoms with E-state index in [1.54, 1.807) is 22.8 Å². The molecule has 0 aliphatic carbocycles. The molecule has 3 amide bonds. The number of cyclic esters (lactones) is 1. The Labute approximate surface area is 259 Å². The number of amides is 3. The Balaban J connectivity index is 1.57. The lowest BCUT2D eigenvalue weighted by molar-refractivity contribution is -0.161. The number of hydrogen-bond donors (Lipinski definition) is 2. The Hall–Kier alpha value is -3.50. The molecule has 0 saturated carbocycles. The molecule has 238 valence electrons. The molecule has 10 heteroatoms. The van der Waals surface area contributed by atoms with E-state index >= 15 is 0 Å². The van der Waals surface area contributed by atoms with Gasteiger partial charge in [-0.25, -0.2) is 0 Å². The van der Waals surface area contributed by atoms with Crippen molar-refractivity contribution in [1.82, 2.24) is 15.1 Å². The van der Waals surface area contributed by atoms with Crippen LogP contribution in [0.2, 0.25) is 0 Å². The maximum absolute atomic E-state index is 14.6. The monoisotopic (exact) mass is 607 g/mol. The van der Waals surface area contributed by atoms with Crippen molar-refractivity contribution in [1.29, 1.82) is 0 Å². The van der Waals surface area contributed by atoms with E-state index in [0.29, 0.717) is 38.8 Å². The van der Waals surface area contributed by atoms with E-state index in [0.717, 1.165) is 5.56 Å². The summed E-state index contributed by atoms with van der Waals surface area (Å²) in [5.74, 6) is -3.20. The number of likely N-dealkylation sites (tertiary alicyclic amines) is 1. The molecular formula is C34H45N3O7. The number of carbonyl (C=O) groups is 4. The molecule has 2 fully saturated rings. The van der Waals surface area contributed by atoms with Crippen LogP contribution >= 0.6 is 0 Å². The number of aliphatic hydroxyl groups excluding tert-OH is 1. The van der Waals surface area contributed by atoms with Gasteiger partial charge in [0.2, 0.25) is 17.7 Å². The van der Waals surface area contributed by atoms with E-state index in [9.17, 15) is 24.3 Å². The van der Waals surface area contributed by atoms with Crippen molar-refractivity contribution in [2.24, 2.45) is 11.8 Å². The number of aliphatic hydroxyl groups is 1. The molecular weight excluding hydrogens is 562 g/mol. The summed E-state index contributed by atoms with van der Waals surface area (Å²) in [5, 5.41) is 12.3. The molecule has 4 aliphatic heterocycles. The molecule has 10 nitrogen and oxygen atoms in total. The van der Waals surface area contributed by atoms with Gasteiger partial charge in [-0.05, 0) is 58.9 Å². The fraction of sp³-hybridized carbons (Fsp3) is 0.588. The van der Waals surface area contributed by atoms with E-state index in [1.165, 1.54) is 0 Å². The predicted octanol–water partition coefficient (Wildman–Crippen LogP) is 3.07. The van der Waals surface area contributed by atoms with Crippen LogP contribution < -0.4 is 5.32 Å². The first-order valence-corrected chi connectivity index (χ1v) is 15.8. The average molecular weight is 608 g/mol. The summed E-state index contributed by atoms with van der Waals surface area (Å²) >= 11 is 0. The number of esters is 1. The number of carbonyl (C=O) groups excluding carboxylic acids is 4. The first-order chi connectivity index (χ1) is 21.0. The molecule has 1 spiro atoms. The van der Waals surface area contributed by atoms with Crippen LogP contribution in [0.15, 0.2) is 54.6 Å². The normalized spacial score (nSPS) is 33.4. The number of benzene rings is 1. The standard InChI is InChI=1S/C34H45N3O7/c1-22-28(23-14-8-5-9-15-23)43-32(42)26-24-17-18-34(44-24)27(26)30(40)36(19-11-7-13-21-38)29(34)31(41)37(33(2,3)4)20-12-6-10-16-25(39)35-22/h5-6,8-9,12,14-15,17-18,22,24,26-29,38H,7,10-11,13,16,19-21H2,1-4H3,(H,35,39)/b12-6-/t22-,24+,26-,27-,28+,29+,34-/m1/s1. The Bertz CT molecular complexity index is 1310. The highest BCUT2D eigenvalue weighted by atomic mass is 16.6. The fourth-order valence-electron chi connectivity index (χ4n) is 7.09. The fourth-order valence-corrected chi connectivity index (χ4v) is 7.09. The Morgan fingerprint density at radius 2 is 1.77 bits per heavy atom. The number of nitrogens with one attached hydrogen (secondary N) is 1. The van der Waals surface area contributed by atoms with Crippen molar-refractivity contribution in [2.75, 3.05) is 19.7 Å². The van der Waals surface area contributed by atoms with Gasteiger partial charge < -0.3 is 29.7 Å². The van der Waals surface area contributed by atoms with Gasteiger partial charge in [0.05, 0.1) is 18.1 Å². The average Bonchev–Trinajstić information content (AvgIpc) is 3.62. The van der Waals surface area contributed by atoms with Crippen LogP contribution in [0, 0.1) is 11.8 Å². The first kappa shape index (κ1) is 31.9. The zero-order chi connectivity index (χ0) is 31.6. The van der Waals surface area contributed by atoms with Gasteiger partial charge in [0.15, 0.2) is 0 Å². The summed E-state index contributed by atoms with van der Waals surface area (Å²) in [5.41, 5.74) is -1.17. The zero-order valence-corrected chi connectivity index (χ0v) is 26.1. The van der Waals surface area contributed by atoms with Crippen LogP contribution in [-0.4, -0.2) is 87.6 Å². The summed E-state index contributed by atoms with van der Waals surface area (Å²) in [6.45, 7) is 8.28. The molecule has 7 atom stereocenters. The molecule has 0 aromatic heterocycles. The minimum Gasteiger partial charge on any atom is -0.455 e. The molecule has 1 aromatic rings. The summed E-state index contributed by atoms with van der Waals surface area (Å²) in [4.78, 5) is 59.2. The minimum absolute atomic E-state index is 0.0515. The van der Waals surface area contributed by atoms with Crippen LogP contribution in [0.25, 0.3) is 0 Å². The molecule has 4 aliphatic rings. The van der Waals surface area contributed by atoms with E-state index in [2.05, 4.69) is 5.32 Å². The number of unbranched alkanes of at least 4 members (excludes halogenated alkanes) is 2. The van der Waals surface area contributed by atoms with Crippen LogP contribution in [0.4, 0.5) is 0 Å². The third-order valence-corrected chi connectivity index (χ3v) is 9.22. The molecule has 5 bridgehead atoms. The number of ether oxygens (including phenoxy) is 2. The summed E-state index contributed by atoms with van der Waals surface area (Å²) < 4.78 is 12.7. The van der Waals surface area contributed by atoms with E-state index in [-0.39, 0.29) is 30.7 Å². The lowest BCUT2D eigenvalue weighted by Gasteiger charge is -2.41. The van der Waals surface area contributed by atoms with E-state index in [4.69, 9.17) is 9.47 Å². The highest BCUT2D eigenvalue weighted by Gasteiger charge is 2.73. The van der Waals surface area contributed by atoms with Crippen molar-refractivity contribution in [3.63, 3.8) is 0 Å². The number of allylic oxidation sites excluding steroid dienone is 1. The Kier molecular flexibility index (Phi) is 9.32. The van der Waals surface area contributed by atoms with Crippen LogP contribution in [0.1, 0.15) is 71.5 Å². The quantitative estimate of drug-likeness (QED) is 0.289. The number of hydrogen-bond acceptors (Lipinski definition) is 7. The minimum atomic E-state index is -1.30. The second-order valence-electron chi connectivity index (χ2n) is 13.3. The molecule has 44 heavy (non-hydrogen) atoms.